The smallest absolute Gasteiger partial charge is 0.220 e. The monoisotopic (exact) mass is 351 g/mol. The van der Waals surface area contributed by atoms with Crippen molar-refractivity contribution >= 4 is 22.7 Å². The van der Waals surface area contributed by atoms with Crippen LogP contribution in [-0.2, 0) is 11.3 Å². The zero-order chi connectivity index (χ0) is 18.4. The van der Waals surface area contributed by atoms with E-state index in [4.69, 9.17) is 9.15 Å². The summed E-state index contributed by atoms with van der Waals surface area (Å²) in [6.07, 6.45) is 1.98. The second-order valence-corrected chi connectivity index (χ2v) is 5.95. The Hall–Kier alpha value is -3.08. The summed E-state index contributed by atoms with van der Waals surface area (Å²) in [5.74, 6) is 0.527. The highest BCUT2D eigenvalue weighted by atomic mass is 16.5. The molecule has 3 rings (SSSR count). The van der Waals surface area contributed by atoms with Crippen LogP contribution < -0.4 is 10.1 Å². The fourth-order valence-corrected chi connectivity index (χ4v) is 2.67. The minimum absolute atomic E-state index is 0.0554. The second kappa shape index (κ2) is 8.34. The third-order valence-corrected chi connectivity index (χ3v) is 4.08. The van der Waals surface area contributed by atoms with Crippen LogP contribution in [-0.4, -0.2) is 18.3 Å². The number of benzene rings is 2. The van der Waals surface area contributed by atoms with Crippen molar-refractivity contribution in [3.63, 3.8) is 0 Å². The van der Waals surface area contributed by atoms with Crippen LogP contribution in [0.3, 0.4) is 0 Å². The summed E-state index contributed by atoms with van der Waals surface area (Å²) in [6.45, 7) is 2.90. The van der Waals surface area contributed by atoms with Crippen LogP contribution >= 0.6 is 0 Å². The predicted octanol–water partition coefficient (Wildman–Crippen LogP) is 4.11. The number of nitrogens with one attached hydrogen (secondary N) is 1. The van der Waals surface area contributed by atoms with Crippen molar-refractivity contribution in [1.82, 2.24) is 5.32 Å². The van der Waals surface area contributed by atoms with E-state index in [2.05, 4.69) is 5.32 Å². The van der Waals surface area contributed by atoms with Crippen LogP contribution in [0.4, 0.5) is 0 Å². The Morgan fingerprint density at radius 1 is 1.04 bits per heavy atom. The Kier molecular flexibility index (Phi) is 5.69. The normalized spacial score (nSPS) is 10.7. The van der Waals surface area contributed by atoms with Gasteiger partial charge in [-0.3, -0.25) is 9.59 Å². The van der Waals surface area contributed by atoms with Gasteiger partial charge in [-0.05, 0) is 48.9 Å². The van der Waals surface area contributed by atoms with Crippen LogP contribution in [0.25, 0.3) is 11.0 Å². The van der Waals surface area contributed by atoms with Gasteiger partial charge in [-0.2, -0.15) is 0 Å². The second-order valence-electron chi connectivity index (χ2n) is 5.95. The fraction of sp³-hybridized carbons (Fsp3) is 0.238. The van der Waals surface area contributed by atoms with E-state index in [9.17, 15) is 9.59 Å². The molecule has 0 aliphatic heterocycles. The molecule has 134 valence electrons. The first-order valence-corrected chi connectivity index (χ1v) is 8.64. The maximum atomic E-state index is 12.2. The molecule has 0 bridgehead atoms. The molecule has 0 unspecified atom stereocenters. The van der Waals surface area contributed by atoms with Crippen LogP contribution in [0.5, 0.6) is 5.75 Å². The highest BCUT2D eigenvalue weighted by Gasteiger charge is 2.10. The van der Waals surface area contributed by atoms with Crippen molar-refractivity contribution in [2.45, 2.75) is 26.3 Å². The molecule has 1 heterocycles. The van der Waals surface area contributed by atoms with E-state index < -0.39 is 0 Å². The molecule has 5 heteroatoms. The Morgan fingerprint density at radius 3 is 2.62 bits per heavy atom. The maximum absolute atomic E-state index is 12.2. The minimum atomic E-state index is -0.149. The molecule has 5 nitrogen and oxygen atoms in total. The van der Waals surface area contributed by atoms with Crippen LogP contribution in [0, 0.1) is 0 Å². The molecule has 0 aliphatic carbocycles. The molecule has 0 aliphatic rings. The van der Waals surface area contributed by atoms with Gasteiger partial charge in [0, 0.05) is 30.3 Å². The van der Waals surface area contributed by atoms with Crippen molar-refractivity contribution in [3.05, 3.63) is 65.9 Å². The first kappa shape index (κ1) is 17.7. The van der Waals surface area contributed by atoms with Gasteiger partial charge in [0.1, 0.15) is 11.3 Å². The number of hydrogen-bond acceptors (Lipinski definition) is 4. The number of carbonyl (C=O) groups excluding carboxylic acids is 2. The molecule has 26 heavy (non-hydrogen) atoms. The van der Waals surface area contributed by atoms with Gasteiger partial charge in [-0.15, -0.1) is 0 Å². The van der Waals surface area contributed by atoms with E-state index in [1.807, 2.05) is 31.2 Å². The lowest BCUT2D eigenvalue weighted by Crippen LogP contribution is -2.23. The number of amides is 1. The Labute approximate surface area is 152 Å². The molecule has 0 saturated carbocycles. The zero-order valence-corrected chi connectivity index (χ0v) is 14.7. The van der Waals surface area contributed by atoms with E-state index in [-0.39, 0.29) is 24.5 Å². The van der Waals surface area contributed by atoms with Crippen molar-refractivity contribution in [2.75, 3.05) is 6.61 Å². The van der Waals surface area contributed by atoms with Crippen LogP contribution in [0.2, 0.25) is 0 Å². The SMILES string of the molecule is CCOc1ccc(C(=O)CCC(=O)NCc2ccc3ccoc3c2)cc1. The number of furan rings is 1. The lowest BCUT2D eigenvalue weighted by molar-refractivity contribution is -0.121. The molecule has 3 aromatic rings. The number of hydrogen-bond donors (Lipinski definition) is 1. The average Bonchev–Trinajstić information content (AvgIpc) is 3.13. The zero-order valence-electron chi connectivity index (χ0n) is 14.7. The van der Waals surface area contributed by atoms with E-state index in [0.29, 0.717) is 18.7 Å². The number of carbonyl (C=O) groups is 2. The molecule has 0 spiro atoms. The number of fused-ring (bicyclic) bond motifs is 1. The topological polar surface area (TPSA) is 68.5 Å². The number of Topliss-reactive ketones (excluding diaryl/α,β-unsaturated/α-hetero) is 1. The summed E-state index contributed by atoms with van der Waals surface area (Å²) >= 11 is 0. The molecule has 1 N–H and O–H groups in total. The molecule has 1 amide bonds. The number of rotatable bonds is 8. The lowest BCUT2D eigenvalue weighted by atomic mass is 10.1. The maximum Gasteiger partial charge on any atom is 0.220 e. The molecule has 2 aromatic carbocycles. The first-order chi connectivity index (χ1) is 12.7. The molecule has 0 fully saturated rings. The quantitative estimate of drug-likeness (QED) is 0.620. The fourth-order valence-electron chi connectivity index (χ4n) is 2.67. The van der Waals surface area contributed by atoms with Gasteiger partial charge in [-0.1, -0.05) is 12.1 Å². The Bertz CT molecular complexity index is 896. The standard InChI is InChI=1S/C21H21NO4/c1-2-25-18-7-5-16(6-8-18)19(23)9-10-21(24)22-14-15-3-4-17-11-12-26-20(17)13-15/h3-8,11-13H,2,9-10,14H2,1H3,(H,22,24). The molecule has 0 atom stereocenters. The average molecular weight is 351 g/mol. The van der Waals surface area contributed by atoms with Gasteiger partial charge in [0.15, 0.2) is 5.78 Å². The molecular formula is C21H21NO4. The van der Waals surface area contributed by atoms with Gasteiger partial charge < -0.3 is 14.5 Å². The van der Waals surface area contributed by atoms with E-state index in [1.54, 1.807) is 30.5 Å². The predicted molar refractivity (Wildman–Crippen MR) is 99.2 cm³/mol. The highest BCUT2D eigenvalue weighted by molar-refractivity contribution is 5.98. The van der Waals surface area contributed by atoms with E-state index in [1.165, 1.54) is 0 Å². The summed E-state index contributed by atoms with van der Waals surface area (Å²) in [5, 5.41) is 3.86. The Balaban J connectivity index is 1.46. The molecule has 0 radical (unpaired) electrons. The van der Waals surface area contributed by atoms with Crippen molar-refractivity contribution < 1.29 is 18.7 Å². The third-order valence-electron chi connectivity index (χ3n) is 4.08. The molecule has 0 saturated heterocycles. The first-order valence-electron chi connectivity index (χ1n) is 8.64. The van der Waals surface area contributed by atoms with E-state index >= 15 is 0 Å². The minimum Gasteiger partial charge on any atom is -0.494 e. The molecular weight excluding hydrogens is 330 g/mol. The summed E-state index contributed by atoms with van der Waals surface area (Å²) in [4.78, 5) is 24.2. The summed E-state index contributed by atoms with van der Waals surface area (Å²) in [5.41, 5.74) is 2.34. The summed E-state index contributed by atoms with van der Waals surface area (Å²) in [6, 6.07) is 14.7. The van der Waals surface area contributed by atoms with Gasteiger partial charge in [0.05, 0.1) is 12.9 Å². The van der Waals surface area contributed by atoms with Gasteiger partial charge in [0.25, 0.3) is 0 Å². The van der Waals surface area contributed by atoms with Gasteiger partial charge >= 0.3 is 0 Å². The molecule has 1 aromatic heterocycles. The van der Waals surface area contributed by atoms with Crippen molar-refractivity contribution in [2.24, 2.45) is 0 Å². The Morgan fingerprint density at radius 2 is 1.85 bits per heavy atom. The largest absolute Gasteiger partial charge is 0.494 e. The van der Waals surface area contributed by atoms with Crippen molar-refractivity contribution in [3.8, 4) is 5.75 Å². The van der Waals surface area contributed by atoms with Crippen LogP contribution in [0.1, 0.15) is 35.7 Å². The number of ether oxygens (including phenoxy) is 1. The lowest BCUT2D eigenvalue weighted by Gasteiger charge is -2.06. The van der Waals surface area contributed by atoms with Gasteiger partial charge in [-0.25, -0.2) is 0 Å². The van der Waals surface area contributed by atoms with Crippen LogP contribution in [0.15, 0.2) is 59.2 Å². The summed E-state index contributed by atoms with van der Waals surface area (Å²) < 4.78 is 10.7. The third kappa shape index (κ3) is 4.51. The summed E-state index contributed by atoms with van der Waals surface area (Å²) in [7, 11) is 0. The van der Waals surface area contributed by atoms with Gasteiger partial charge in [0.2, 0.25) is 5.91 Å². The highest BCUT2D eigenvalue weighted by Crippen LogP contribution is 2.17. The van der Waals surface area contributed by atoms with Crippen molar-refractivity contribution in [1.29, 1.82) is 0 Å². The number of ketones is 1. The van der Waals surface area contributed by atoms with E-state index in [0.717, 1.165) is 22.3 Å².